The summed E-state index contributed by atoms with van der Waals surface area (Å²) in [4.78, 5) is 17.5. The fourth-order valence-corrected chi connectivity index (χ4v) is 2.36. The smallest absolute Gasteiger partial charge is 0.348 e. The third kappa shape index (κ3) is 1.39. The van der Waals surface area contributed by atoms with Crippen LogP contribution in [0.4, 0.5) is 5.69 Å². The lowest BCUT2D eigenvalue weighted by molar-refractivity contribution is -0.188. The highest BCUT2D eigenvalue weighted by molar-refractivity contribution is 5.85. The van der Waals surface area contributed by atoms with Gasteiger partial charge in [0.25, 0.3) is 0 Å². The van der Waals surface area contributed by atoms with E-state index in [0.717, 1.165) is 24.9 Å². The van der Waals surface area contributed by atoms with E-state index in [1.165, 1.54) is 0 Å². The summed E-state index contributed by atoms with van der Waals surface area (Å²) in [5, 5.41) is 3.74. The van der Waals surface area contributed by atoms with E-state index in [-0.39, 0.29) is 16.6 Å². The molecule has 1 aromatic heterocycles. The molecule has 1 unspecified atom stereocenters. The molecule has 0 bridgehead atoms. The Labute approximate surface area is 94.5 Å². The number of hydrogen-bond acceptors (Lipinski definition) is 4. The summed E-state index contributed by atoms with van der Waals surface area (Å²) in [5.41, 5.74) is 0.722. The molecule has 2 rings (SSSR count). The Kier molecular flexibility index (Phi) is 2.82. The Hall–Kier alpha value is -1.20. The predicted molar refractivity (Wildman–Crippen MR) is 58.4 cm³/mol. The minimum Gasteiger partial charge on any atom is -0.355 e. The van der Waals surface area contributed by atoms with Gasteiger partial charge >= 0.3 is 5.91 Å². The molecule has 1 amide bonds. The molecule has 5 nitrogen and oxygen atoms in total. The van der Waals surface area contributed by atoms with Crippen molar-refractivity contribution in [3.63, 3.8) is 0 Å². The van der Waals surface area contributed by atoms with Gasteiger partial charge in [0.2, 0.25) is 5.69 Å². The van der Waals surface area contributed by atoms with Crippen LogP contribution in [0.3, 0.4) is 0 Å². The van der Waals surface area contributed by atoms with Crippen molar-refractivity contribution in [2.45, 2.75) is 39.2 Å². The van der Waals surface area contributed by atoms with Gasteiger partial charge in [0, 0.05) is 19.8 Å². The summed E-state index contributed by atoms with van der Waals surface area (Å²) in [6, 6.07) is 0.195. The molecule has 1 aromatic rings. The summed E-state index contributed by atoms with van der Waals surface area (Å²) in [6.07, 6.45) is 4.72. The van der Waals surface area contributed by atoms with E-state index in [4.69, 9.17) is 9.36 Å². The third-order valence-electron chi connectivity index (χ3n) is 3.43. The number of rotatable bonds is 3. The van der Waals surface area contributed by atoms with Crippen LogP contribution in [0.15, 0.2) is 10.7 Å². The summed E-state index contributed by atoms with van der Waals surface area (Å²) >= 11 is 0. The number of carbonyl (C=O) groups is 1. The van der Waals surface area contributed by atoms with Gasteiger partial charge < -0.3 is 4.52 Å². The Morgan fingerprint density at radius 1 is 1.62 bits per heavy atom. The highest BCUT2D eigenvalue weighted by Crippen LogP contribution is 2.38. The van der Waals surface area contributed by atoms with Gasteiger partial charge in [-0.25, -0.2) is 4.79 Å². The Morgan fingerprint density at radius 2 is 2.31 bits per heavy atom. The van der Waals surface area contributed by atoms with Gasteiger partial charge in [-0.05, 0) is 6.42 Å². The Bertz CT molecular complexity index is 398. The van der Waals surface area contributed by atoms with Gasteiger partial charge in [-0.2, -0.15) is 4.84 Å². The predicted octanol–water partition coefficient (Wildman–Crippen LogP) is 1.95. The zero-order chi connectivity index (χ0) is 11.8. The molecule has 5 heteroatoms. The fraction of sp³-hybridized carbons (Fsp3) is 0.636. The van der Waals surface area contributed by atoms with Crippen LogP contribution in [0.1, 0.15) is 31.9 Å². The zero-order valence-electron chi connectivity index (χ0n) is 9.90. The number of hydroxylamine groups is 2. The third-order valence-corrected chi connectivity index (χ3v) is 3.43. The van der Waals surface area contributed by atoms with E-state index in [0.29, 0.717) is 5.76 Å². The summed E-state index contributed by atoms with van der Waals surface area (Å²) in [5.74, 6) is 0.613. The standard InChI is InChI=1S/C11H17N2O3/c1-8-11(7-12-16-8)13(15-3,9(2)14)10-5-4-6-10/h7,10H,4-6H2,1-3H3/q+1. The molecule has 0 aromatic carbocycles. The second kappa shape index (κ2) is 3.99. The van der Waals surface area contributed by atoms with E-state index < -0.39 is 0 Å². The van der Waals surface area contributed by atoms with Crippen LogP contribution in [0, 0.1) is 6.92 Å². The molecule has 1 atom stereocenters. The van der Waals surface area contributed by atoms with Gasteiger partial charge in [-0.15, -0.1) is 0 Å². The number of carbonyl (C=O) groups excluding carboxylic acids is 1. The average Bonchev–Trinajstić information content (AvgIpc) is 2.57. The molecule has 1 fully saturated rings. The maximum atomic E-state index is 12.0. The van der Waals surface area contributed by atoms with Crippen LogP contribution in [0.2, 0.25) is 0 Å². The molecule has 1 aliphatic rings. The quantitative estimate of drug-likeness (QED) is 0.582. The SMILES string of the molecule is CO[N+](C(C)=O)(c1cnoc1C)C1CCC1. The van der Waals surface area contributed by atoms with E-state index in [2.05, 4.69) is 5.16 Å². The van der Waals surface area contributed by atoms with Crippen molar-refractivity contribution >= 4 is 11.6 Å². The Balaban J connectivity index is 2.48. The second-order valence-corrected chi connectivity index (χ2v) is 4.21. The largest absolute Gasteiger partial charge is 0.355 e. The van der Waals surface area contributed by atoms with Crippen molar-refractivity contribution in [1.82, 2.24) is 9.80 Å². The summed E-state index contributed by atoms with van der Waals surface area (Å²) in [6.45, 7) is 3.35. The number of quaternary nitrogens is 1. The van der Waals surface area contributed by atoms with Crippen LogP contribution in [0.25, 0.3) is 0 Å². The maximum Gasteiger partial charge on any atom is 0.348 e. The molecule has 1 saturated carbocycles. The molecule has 0 aliphatic heterocycles. The first-order valence-corrected chi connectivity index (χ1v) is 5.50. The highest BCUT2D eigenvalue weighted by Gasteiger charge is 2.51. The van der Waals surface area contributed by atoms with Crippen molar-refractivity contribution in [2.75, 3.05) is 7.11 Å². The van der Waals surface area contributed by atoms with E-state index in [1.807, 2.05) is 0 Å². The van der Waals surface area contributed by atoms with E-state index in [9.17, 15) is 4.79 Å². The van der Waals surface area contributed by atoms with Crippen LogP contribution in [-0.2, 0) is 9.63 Å². The fourth-order valence-electron chi connectivity index (χ4n) is 2.36. The lowest BCUT2D eigenvalue weighted by atomic mass is 9.90. The van der Waals surface area contributed by atoms with Crippen LogP contribution in [-0.4, -0.2) is 24.2 Å². The Morgan fingerprint density at radius 3 is 2.62 bits per heavy atom. The number of aromatic nitrogens is 1. The van der Waals surface area contributed by atoms with Gasteiger partial charge in [0.1, 0.15) is 12.2 Å². The summed E-state index contributed by atoms with van der Waals surface area (Å²) < 4.78 is 4.96. The molecule has 88 valence electrons. The molecule has 1 aliphatic carbocycles. The van der Waals surface area contributed by atoms with Crippen molar-refractivity contribution in [1.29, 1.82) is 0 Å². The molecule has 1 heterocycles. The number of aryl methyl sites for hydroxylation is 1. The van der Waals surface area contributed by atoms with E-state index in [1.54, 1.807) is 27.2 Å². The number of nitrogens with zero attached hydrogens (tertiary/aromatic N) is 2. The first-order chi connectivity index (χ1) is 7.63. The average molecular weight is 225 g/mol. The first-order valence-electron chi connectivity index (χ1n) is 5.50. The number of amides is 1. The molecule has 0 N–H and O–H groups in total. The lowest BCUT2D eigenvalue weighted by Gasteiger charge is -2.40. The first kappa shape index (κ1) is 11.3. The molecule has 0 radical (unpaired) electrons. The maximum absolute atomic E-state index is 12.0. The molecular formula is C11H17N2O3+. The zero-order valence-corrected chi connectivity index (χ0v) is 9.90. The minimum atomic E-state index is -0.0880. The van der Waals surface area contributed by atoms with Crippen molar-refractivity contribution in [3.05, 3.63) is 12.0 Å². The van der Waals surface area contributed by atoms with Crippen molar-refractivity contribution in [2.24, 2.45) is 0 Å². The normalized spacial score (nSPS) is 20.2. The van der Waals surface area contributed by atoms with Crippen LogP contribution in [0.5, 0.6) is 0 Å². The van der Waals surface area contributed by atoms with Crippen molar-refractivity contribution < 1.29 is 14.2 Å². The van der Waals surface area contributed by atoms with Gasteiger partial charge in [0.15, 0.2) is 5.76 Å². The molecule has 16 heavy (non-hydrogen) atoms. The molecular weight excluding hydrogens is 208 g/mol. The molecule has 0 spiro atoms. The van der Waals surface area contributed by atoms with Crippen LogP contribution >= 0.6 is 0 Å². The van der Waals surface area contributed by atoms with E-state index >= 15 is 0 Å². The van der Waals surface area contributed by atoms with Gasteiger partial charge in [-0.1, -0.05) is 9.80 Å². The monoisotopic (exact) mass is 225 g/mol. The van der Waals surface area contributed by atoms with Crippen molar-refractivity contribution in [3.8, 4) is 0 Å². The highest BCUT2D eigenvalue weighted by atomic mass is 16.7. The summed E-state index contributed by atoms with van der Waals surface area (Å²) in [7, 11) is 1.56. The molecule has 0 saturated heterocycles. The van der Waals surface area contributed by atoms with Gasteiger partial charge in [0.05, 0.1) is 14.0 Å². The number of hydrogen-bond donors (Lipinski definition) is 0. The van der Waals surface area contributed by atoms with Gasteiger partial charge in [-0.3, -0.25) is 0 Å². The lowest BCUT2D eigenvalue weighted by Crippen LogP contribution is -2.61. The second-order valence-electron chi connectivity index (χ2n) is 4.21. The topological polar surface area (TPSA) is 52.3 Å². The van der Waals surface area contributed by atoms with Crippen LogP contribution < -0.4 is 4.65 Å². The minimum absolute atomic E-state index is 0.0292.